The van der Waals surface area contributed by atoms with Crippen molar-refractivity contribution in [1.82, 2.24) is 0 Å². The predicted molar refractivity (Wildman–Crippen MR) is 52.7 cm³/mol. The maximum atomic E-state index is 13.9. The molecule has 1 aliphatic rings. The maximum absolute atomic E-state index is 13.9. The molecule has 70 valence electrons. The summed E-state index contributed by atoms with van der Waals surface area (Å²) in [6.45, 7) is 2.06. The van der Waals surface area contributed by atoms with Gasteiger partial charge in [0, 0.05) is 16.5 Å². The molecule has 0 radical (unpaired) electrons. The van der Waals surface area contributed by atoms with Crippen LogP contribution in [0, 0.1) is 0 Å². The van der Waals surface area contributed by atoms with Gasteiger partial charge in [0.05, 0.1) is 6.61 Å². The highest BCUT2D eigenvalue weighted by Gasteiger charge is 2.32. The van der Waals surface area contributed by atoms with Gasteiger partial charge in [-0.1, -0.05) is 15.9 Å². The number of alkyl halides is 1. The van der Waals surface area contributed by atoms with Crippen molar-refractivity contribution in [3.05, 3.63) is 28.2 Å². The van der Waals surface area contributed by atoms with Gasteiger partial charge in [0.25, 0.3) is 0 Å². The minimum absolute atomic E-state index is 0.427. The van der Waals surface area contributed by atoms with Crippen molar-refractivity contribution >= 4 is 15.9 Å². The van der Waals surface area contributed by atoms with Gasteiger partial charge in [-0.15, -0.1) is 0 Å². The summed E-state index contributed by atoms with van der Waals surface area (Å²) in [4.78, 5) is 0. The van der Waals surface area contributed by atoms with Crippen molar-refractivity contribution in [1.29, 1.82) is 0 Å². The Bertz CT molecular complexity index is 336. The van der Waals surface area contributed by atoms with E-state index in [1.807, 2.05) is 6.07 Å². The smallest absolute Gasteiger partial charge is 0.140 e. The van der Waals surface area contributed by atoms with Gasteiger partial charge in [0.2, 0.25) is 0 Å². The molecule has 0 saturated carbocycles. The average molecular weight is 245 g/mol. The number of hydrogen-bond acceptors (Lipinski definition) is 1. The first-order valence-corrected chi connectivity index (χ1v) is 5.01. The Morgan fingerprint density at radius 1 is 1.54 bits per heavy atom. The van der Waals surface area contributed by atoms with E-state index < -0.39 is 5.67 Å². The summed E-state index contributed by atoms with van der Waals surface area (Å²) in [5.41, 5.74) is -0.606. The number of halogens is 2. The Kier molecular flexibility index (Phi) is 2.06. The van der Waals surface area contributed by atoms with E-state index in [4.69, 9.17) is 4.74 Å². The van der Waals surface area contributed by atoms with Crippen molar-refractivity contribution in [2.24, 2.45) is 0 Å². The van der Waals surface area contributed by atoms with Gasteiger partial charge in [-0.25, -0.2) is 4.39 Å². The first-order valence-electron chi connectivity index (χ1n) is 4.21. The van der Waals surface area contributed by atoms with E-state index in [1.54, 1.807) is 19.1 Å². The van der Waals surface area contributed by atoms with Gasteiger partial charge in [-0.2, -0.15) is 0 Å². The molecule has 2 rings (SSSR count). The average Bonchev–Trinajstić information content (AvgIpc) is 2.06. The van der Waals surface area contributed by atoms with E-state index >= 15 is 0 Å². The highest BCUT2D eigenvalue weighted by atomic mass is 79.9. The molecule has 3 heteroatoms. The van der Waals surface area contributed by atoms with Crippen molar-refractivity contribution < 1.29 is 9.13 Å². The summed E-state index contributed by atoms with van der Waals surface area (Å²) in [7, 11) is 0. The van der Waals surface area contributed by atoms with Crippen LogP contribution >= 0.6 is 15.9 Å². The number of rotatable bonds is 0. The molecule has 1 nitrogen and oxygen atoms in total. The zero-order valence-electron chi connectivity index (χ0n) is 7.31. The SMILES string of the molecule is CC1(F)CCOc2ccc(Br)cc21. The molecule has 0 fully saturated rings. The van der Waals surface area contributed by atoms with Gasteiger partial charge in [-0.3, -0.25) is 0 Å². The molecule has 1 unspecified atom stereocenters. The van der Waals surface area contributed by atoms with Gasteiger partial charge in [0.15, 0.2) is 0 Å². The van der Waals surface area contributed by atoms with E-state index in [-0.39, 0.29) is 0 Å². The third kappa shape index (κ3) is 1.57. The minimum atomic E-state index is -1.25. The first kappa shape index (κ1) is 9.00. The number of hydrogen-bond donors (Lipinski definition) is 0. The Labute approximate surface area is 85.0 Å². The van der Waals surface area contributed by atoms with Crippen LogP contribution in [-0.2, 0) is 5.67 Å². The summed E-state index contributed by atoms with van der Waals surface area (Å²) < 4.78 is 20.2. The third-order valence-corrected chi connectivity index (χ3v) is 2.83. The molecule has 1 aliphatic heterocycles. The summed E-state index contributed by atoms with van der Waals surface area (Å²) in [5, 5.41) is 0. The molecule has 0 bridgehead atoms. The van der Waals surface area contributed by atoms with E-state index in [2.05, 4.69) is 15.9 Å². The van der Waals surface area contributed by atoms with Crippen molar-refractivity contribution in [3.63, 3.8) is 0 Å². The molecule has 13 heavy (non-hydrogen) atoms. The van der Waals surface area contributed by atoms with Gasteiger partial charge < -0.3 is 4.74 Å². The van der Waals surface area contributed by atoms with Crippen LogP contribution < -0.4 is 4.74 Å². The van der Waals surface area contributed by atoms with Gasteiger partial charge >= 0.3 is 0 Å². The molecule has 0 aromatic heterocycles. The van der Waals surface area contributed by atoms with Crippen LogP contribution in [0.25, 0.3) is 0 Å². The van der Waals surface area contributed by atoms with Gasteiger partial charge in [-0.05, 0) is 25.1 Å². The lowest BCUT2D eigenvalue weighted by Crippen LogP contribution is -2.25. The third-order valence-electron chi connectivity index (χ3n) is 2.33. The van der Waals surface area contributed by atoms with Gasteiger partial charge in [0.1, 0.15) is 11.4 Å². The van der Waals surface area contributed by atoms with Crippen LogP contribution in [0.3, 0.4) is 0 Å². The van der Waals surface area contributed by atoms with E-state index in [9.17, 15) is 4.39 Å². The molecule has 1 heterocycles. The number of ether oxygens (including phenoxy) is 1. The molecule has 0 amide bonds. The number of fused-ring (bicyclic) bond motifs is 1. The Morgan fingerprint density at radius 2 is 2.31 bits per heavy atom. The summed E-state index contributed by atoms with van der Waals surface area (Å²) in [6, 6.07) is 5.45. The van der Waals surface area contributed by atoms with Crippen molar-refractivity contribution in [3.8, 4) is 5.75 Å². The van der Waals surface area contributed by atoms with Crippen LogP contribution in [0.5, 0.6) is 5.75 Å². The topological polar surface area (TPSA) is 9.23 Å². The lowest BCUT2D eigenvalue weighted by Gasteiger charge is -2.28. The highest BCUT2D eigenvalue weighted by Crippen LogP contribution is 2.40. The van der Waals surface area contributed by atoms with Crippen LogP contribution in [0.15, 0.2) is 22.7 Å². The summed E-state index contributed by atoms with van der Waals surface area (Å²) in [6.07, 6.45) is 0.427. The fourth-order valence-electron chi connectivity index (χ4n) is 1.52. The maximum Gasteiger partial charge on any atom is 0.140 e. The second-order valence-corrected chi connectivity index (χ2v) is 4.35. The molecule has 1 atom stereocenters. The van der Waals surface area contributed by atoms with Crippen LogP contribution in [-0.4, -0.2) is 6.61 Å². The van der Waals surface area contributed by atoms with E-state index in [0.29, 0.717) is 24.3 Å². The predicted octanol–water partition coefficient (Wildman–Crippen LogP) is 3.42. The number of benzene rings is 1. The second-order valence-electron chi connectivity index (χ2n) is 3.44. The molecule has 0 spiro atoms. The van der Waals surface area contributed by atoms with E-state index in [1.165, 1.54) is 0 Å². The van der Waals surface area contributed by atoms with Crippen molar-refractivity contribution in [2.75, 3.05) is 6.61 Å². The van der Waals surface area contributed by atoms with Crippen LogP contribution in [0.1, 0.15) is 18.9 Å². The second kappa shape index (κ2) is 2.98. The largest absolute Gasteiger partial charge is 0.493 e. The molecular weight excluding hydrogens is 235 g/mol. The summed E-state index contributed by atoms with van der Waals surface area (Å²) >= 11 is 3.32. The fourth-order valence-corrected chi connectivity index (χ4v) is 1.88. The lowest BCUT2D eigenvalue weighted by atomic mass is 9.92. The molecular formula is C10H10BrFO. The molecule has 1 aromatic rings. The zero-order valence-corrected chi connectivity index (χ0v) is 8.90. The molecule has 0 N–H and O–H groups in total. The van der Waals surface area contributed by atoms with E-state index in [0.717, 1.165) is 4.47 Å². The molecule has 0 saturated heterocycles. The van der Waals surface area contributed by atoms with Crippen molar-refractivity contribution in [2.45, 2.75) is 19.0 Å². The lowest BCUT2D eigenvalue weighted by molar-refractivity contribution is 0.110. The Balaban J connectivity index is 2.55. The minimum Gasteiger partial charge on any atom is -0.493 e. The summed E-state index contributed by atoms with van der Waals surface area (Å²) in [5.74, 6) is 0.666. The highest BCUT2D eigenvalue weighted by molar-refractivity contribution is 9.10. The zero-order chi connectivity index (χ0) is 9.47. The Morgan fingerprint density at radius 3 is 3.08 bits per heavy atom. The normalized spacial score (nSPS) is 26.4. The van der Waals surface area contributed by atoms with Crippen LogP contribution in [0.4, 0.5) is 4.39 Å². The first-order chi connectivity index (χ1) is 6.09. The molecule has 1 aromatic carbocycles. The quantitative estimate of drug-likeness (QED) is 0.680. The fraction of sp³-hybridized carbons (Fsp3) is 0.400. The van der Waals surface area contributed by atoms with Crippen LogP contribution in [0.2, 0.25) is 0 Å². The molecule has 0 aliphatic carbocycles. The standard InChI is InChI=1S/C10H10BrFO/c1-10(12)4-5-13-9-3-2-7(11)6-8(9)10/h2-3,6H,4-5H2,1H3. The Hall–Kier alpha value is -0.570. The monoisotopic (exact) mass is 244 g/mol.